The van der Waals surface area contributed by atoms with E-state index in [0.29, 0.717) is 0 Å². The number of hydrogen-bond acceptors (Lipinski definition) is 7. The van der Waals surface area contributed by atoms with Crippen molar-refractivity contribution in [2.75, 3.05) is 0 Å². The monoisotopic (exact) mass is 256 g/mol. The number of benzene rings is 1. The molecule has 0 unspecified atom stereocenters. The molecule has 0 saturated heterocycles. The minimum atomic E-state index is -0.591. The largest absolute Gasteiger partial charge is 1.00 e. The van der Waals surface area contributed by atoms with E-state index in [1.54, 1.807) is 18.2 Å². The normalized spacial score (nSPS) is 7.53. The molecule has 0 aliphatic rings. The van der Waals surface area contributed by atoms with E-state index in [1.165, 1.54) is 12.1 Å². The molecular formula is C11HN6NaO. The Morgan fingerprint density at radius 3 is 1.16 bits per heavy atom. The molecule has 8 heteroatoms. The molecule has 0 aliphatic heterocycles. The van der Waals surface area contributed by atoms with E-state index in [-0.39, 0.29) is 31.0 Å². The van der Waals surface area contributed by atoms with Gasteiger partial charge in [-0.05, 0) is 5.18 Å². The van der Waals surface area contributed by atoms with Crippen LogP contribution in [0.15, 0.2) is 5.18 Å². The quantitative estimate of drug-likeness (QED) is 0.443. The number of nitroso groups, excluding NO2 is 1. The van der Waals surface area contributed by atoms with Gasteiger partial charge in [-0.15, -0.1) is 4.91 Å². The summed E-state index contributed by atoms with van der Waals surface area (Å²) in [6.07, 6.45) is 0. The van der Waals surface area contributed by atoms with Crippen LogP contribution >= 0.6 is 0 Å². The van der Waals surface area contributed by atoms with Crippen LogP contribution in [0.1, 0.15) is 29.2 Å². The summed E-state index contributed by atoms with van der Waals surface area (Å²) in [6.45, 7) is 0. The van der Waals surface area contributed by atoms with Crippen molar-refractivity contribution in [3.63, 3.8) is 0 Å². The van der Waals surface area contributed by atoms with E-state index in [9.17, 15) is 4.91 Å². The molecule has 0 radical (unpaired) electrons. The molecule has 0 aliphatic carbocycles. The fourth-order valence-corrected chi connectivity index (χ4v) is 1.38. The van der Waals surface area contributed by atoms with Gasteiger partial charge in [0.25, 0.3) is 0 Å². The zero-order chi connectivity index (χ0) is 13.7. The summed E-state index contributed by atoms with van der Waals surface area (Å²) in [7, 11) is 0. The first-order valence-electron chi connectivity index (χ1n) is 4.27. The van der Waals surface area contributed by atoms with Crippen LogP contribution in [-0.4, -0.2) is 0 Å². The van der Waals surface area contributed by atoms with Crippen molar-refractivity contribution < 1.29 is 31.0 Å². The van der Waals surface area contributed by atoms with E-state index in [0.717, 1.165) is 0 Å². The second kappa shape index (κ2) is 6.87. The van der Waals surface area contributed by atoms with E-state index >= 15 is 0 Å². The summed E-state index contributed by atoms with van der Waals surface area (Å²) in [5.41, 5.74) is -2.79. The summed E-state index contributed by atoms with van der Waals surface area (Å²) in [4.78, 5) is 10.6. The van der Waals surface area contributed by atoms with E-state index < -0.39 is 33.5 Å². The van der Waals surface area contributed by atoms with Gasteiger partial charge in [-0.3, -0.25) is 0 Å². The molecule has 7 nitrogen and oxygen atoms in total. The predicted octanol–water partition coefficient (Wildman–Crippen LogP) is -1.44. The molecule has 1 aromatic rings. The molecule has 0 N–H and O–H groups in total. The van der Waals surface area contributed by atoms with Gasteiger partial charge >= 0.3 is 29.6 Å². The summed E-state index contributed by atoms with van der Waals surface area (Å²) in [5, 5.41) is 46.9. The van der Waals surface area contributed by atoms with Crippen LogP contribution in [0.5, 0.6) is 0 Å². The Hall–Kier alpha value is -2.73. The molecule has 1 aromatic carbocycles. The Kier molecular flexibility index (Phi) is 5.89. The topological polar surface area (TPSA) is 148 Å². The molecule has 82 valence electrons. The Balaban J connectivity index is 0. The van der Waals surface area contributed by atoms with E-state index in [2.05, 4.69) is 5.18 Å². The first kappa shape index (κ1) is 16.3. The molecule has 0 spiro atoms. The van der Waals surface area contributed by atoms with Crippen molar-refractivity contribution in [1.29, 1.82) is 26.3 Å². The zero-order valence-electron chi connectivity index (χ0n) is 10.6. The molecule has 0 aromatic heterocycles. The fraction of sp³-hybridized carbons (Fsp3) is 0. The first-order chi connectivity index (χ1) is 8.69. The third kappa shape index (κ3) is 2.43. The van der Waals surface area contributed by atoms with Gasteiger partial charge in [0.15, 0.2) is 0 Å². The molecule has 0 amide bonds. The maximum Gasteiger partial charge on any atom is 1.00 e. The third-order valence-corrected chi connectivity index (χ3v) is 2.12. The van der Waals surface area contributed by atoms with Crippen molar-refractivity contribution in [3.8, 4) is 30.3 Å². The van der Waals surface area contributed by atoms with Crippen molar-refractivity contribution in [2.24, 2.45) is 5.18 Å². The van der Waals surface area contributed by atoms with Crippen LogP contribution in [0.2, 0.25) is 0 Å². The molecule has 1 rings (SSSR count). The second-order valence-electron chi connectivity index (χ2n) is 2.87. The number of rotatable bonds is 1. The van der Waals surface area contributed by atoms with Gasteiger partial charge < -0.3 is 1.43 Å². The Morgan fingerprint density at radius 1 is 0.684 bits per heavy atom. The van der Waals surface area contributed by atoms with Gasteiger partial charge in [-0.25, -0.2) is 0 Å². The van der Waals surface area contributed by atoms with Gasteiger partial charge in [0.2, 0.25) is 0 Å². The molecular weight excluding hydrogens is 255 g/mol. The van der Waals surface area contributed by atoms with Crippen LogP contribution in [0.4, 0.5) is 5.69 Å². The van der Waals surface area contributed by atoms with Crippen LogP contribution in [0.25, 0.3) is 0 Å². The van der Waals surface area contributed by atoms with Gasteiger partial charge in [0, 0.05) is 0 Å². The van der Waals surface area contributed by atoms with Gasteiger partial charge in [-0.2, -0.15) is 26.3 Å². The summed E-state index contributed by atoms with van der Waals surface area (Å²) in [6, 6.07) is 7.78. The van der Waals surface area contributed by atoms with Crippen LogP contribution in [0, 0.1) is 61.6 Å². The van der Waals surface area contributed by atoms with E-state index in [4.69, 9.17) is 26.3 Å². The first-order valence-corrected chi connectivity index (χ1v) is 4.27. The van der Waals surface area contributed by atoms with Gasteiger partial charge in [0.1, 0.15) is 47.2 Å². The van der Waals surface area contributed by atoms with Crippen LogP contribution < -0.4 is 29.6 Å². The molecule has 0 heterocycles. The molecule has 0 atom stereocenters. The summed E-state index contributed by atoms with van der Waals surface area (Å²) in [5.74, 6) is 0. The van der Waals surface area contributed by atoms with Crippen LogP contribution in [-0.2, 0) is 0 Å². The van der Waals surface area contributed by atoms with E-state index in [1.807, 2.05) is 0 Å². The Labute approximate surface area is 131 Å². The molecule has 0 fully saturated rings. The van der Waals surface area contributed by atoms with Crippen molar-refractivity contribution in [3.05, 3.63) is 32.7 Å². The smallest absolute Gasteiger partial charge is 1.00 e. The number of hydrogen-bond donors (Lipinski definition) is 0. The minimum absolute atomic E-state index is 0. The third-order valence-electron chi connectivity index (χ3n) is 2.12. The molecule has 19 heavy (non-hydrogen) atoms. The summed E-state index contributed by atoms with van der Waals surface area (Å²) < 4.78 is 0. The molecule has 0 bridgehead atoms. The predicted molar refractivity (Wildman–Crippen MR) is 56.6 cm³/mol. The Bertz CT molecular complexity index is 716. The number of nitrogens with zero attached hydrogens (tertiary/aromatic N) is 6. The van der Waals surface area contributed by atoms with Gasteiger partial charge in [0.05, 0.1) is 16.7 Å². The minimum Gasteiger partial charge on any atom is -1.00 e. The maximum absolute atomic E-state index is 10.6. The number of nitriles is 5. The van der Waals surface area contributed by atoms with Crippen LogP contribution in [0.3, 0.4) is 0 Å². The molecule has 0 saturated carbocycles. The van der Waals surface area contributed by atoms with Crippen molar-refractivity contribution in [2.45, 2.75) is 0 Å². The zero-order valence-corrected chi connectivity index (χ0v) is 11.6. The fourth-order valence-electron chi connectivity index (χ4n) is 1.38. The second-order valence-corrected chi connectivity index (χ2v) is 2.87. The standard InChI is InChI=1S/C11N6O.Na.H/c12-1-6-7(2-13)9(4-15)11(17-18)10(5-16)8(6)3-14;;/q;+1;-1. The average molecular weight is 256 g/mol. The SMILES string of the molecule is N#Cc1c(C#N)c(C#N)c(N=O)c(C#N)c1C#N.[H-].[Na+]. The summed E-state index contributed by atoms with van der Waals surface area (Å²) >= 11 is 0. The van der Waals surface area contributed by atoms with Gasteiger partial charge in [-0.1, -0.05) is 0 Å². The maximum atomic E-state index is 10.6. The van der Waals surface area contributed by atoms with Crippen molar-refractivity contribution in [1.82, 2.24) is 0 Å². The van der Waals surface area contributed by atoms with Crippen molar-refractivity contribution >= 4 is 5.69 Å². The Morgan fingerprint density at radius 2 is 0.947 bits per heavy atom. The average Bonchev–Trinajstić information content (AvgIpc) is 2.43.